The topological polar surface area (TPSA) is 77.7 Å². The predicted octanol–water partition coefficient (Wildman–Crippen LogP) is 3.80. The molecule has 7 heteroatoms. The molecule has 7 nitrogen and oxygen atoms in total. The van der Waals surface area contributed by atoms with E-state index in [-0.39, 0.29) is 18.5 Å². The van der Waals surface area contributed by atoms with Crippen LogP contribution in [0.15, 0.2) is 53.1 Å². The first-order chi connectivity index (χ1) is 13.5. The highest BCUT2D eigenvalue weighted by atomic mass is 16.5. The molecule has 1 heterocycles. The van der Waals surface area contributed by atoms with Gasteiger partial charge in [-0.1, -0.05) is 23.4 Å². The minimum absolute atomic E-state index is 0.0239. The highest BCUT2D eigenvalue weighted by Gasteiger charge is 2.22. The Morgan fingerprint density at radius 2 is 1.79 bits per heavy atom. The van der Waals surface area contributed by atoms with Crippen LogP contribution in [-0.2, 0) is 6.54 Å². The molecule has 3 rings (SSSR count). The molecule has 0 aliphatic carbocycles. The molecule has 1 aromatic heterocycles. The fraction of sp³-hybridized carbons (Fsp3) is 0.286. The second-order valence-electron chi connectivity index (χ2n) is 6.47. The zero-order chi connectivity index (χ0) is 20.1. The van der Waals surface area contributed by atoms with Gasteiger partial charge in [0.15, 0.2) is 11.5 Å². The zero-order valence-corrected chi connectivity index (χ0v) is 16.4. The minimum atomic E-state index is -0.0820. The van der Waals surface area contributed by atoms with Gasteiger partial charge in [0.05, 0.1) is 14.2 Å². The number of carbonyl (C=O) groups excluding carboxylic acids is 1. The van der Waals surface area contributed by atoms with E-state index in [0.29, 0.717) is 28.8 Å². The lowest BCUT2D eigenvalue weighted by Gasteiger charge is -2.25. The number of hydrogen-bond donors (Lipinski definition) is 0. The largest absolute Gasteiger partial charge is 0.493 e. The van der Waals surface area contributed by atoms with Crippen molar-refractivity contribution in [2.75, 3.05) is 14.2 Å². The molecule has 0 aliphatic heterocycles. The van der Waals surface area contributed by atoms with E-state index in [1.165, 1.54) is 0 Å². The summed E-state index contributed by atoms with van der Waals surface area (Å²) in [6.45, 7) is 4.13. The van der Waals surface area contributed by atoms with Crippen molar-refractivity contribution in [1.82, 2.24) is 15.0 Å². The molecule has 0 saturated heterocycles. The van der Waals surface area contributed by atoms with Gasteiger partial charge in [-0.3, -0.25) is 4.79 Å². The van der Waals surface area contributed by atoms with Gasteiger partial charge < -0.3 is 18.9 Å². The number of aromatic nitrogens is 2. The van der Waals surface area contributed by atoms with Crippen molar-refractivity contribution in [3.63, 3.8) is 0 Å². The number of benzene rings is 2. The molecule has 1 amide bonds. The molecular weight excluding hydrogens is 358 g/mol. The molecule has 3 aromatic rings. The van der Waals surface area contributed by atoms with Crippen LogP contribution in [0, 0.1) is 0 Å². The standard InChI is InChI=1S/C21H23N3O4/c1-14(2)24(21(25)15-8-6-5-7-9-15)13-19-22-20(23-28-19)16-10-11-17(26-3)18(12-16)27-4/h5-12,14H,13H2,1-4H3. The van der Waals surface area contributed by atoms with Gasteiger partial charge in [0, 0.05) is 17.2 Å². The summed E-state index contributed by atoms with van der Waals surface area (Å²) in [5.74, 6) is 1.90. The maximum Gasteiger partial charge on any atom is 0.254 e. The van der Waals surface area contributed by atoms with E-state index in [0.717, 1.165) is 5.56 Å². The van der Waals surface area contributed by atoms with Crippen LogP contribution in [0.3, 0.4) is 0 Å². The quantitative estimate of drug-likeness (QED) is 0.619. The van der Waals surface area contributed by atoms with Crippen LogP contribution < -0.4 is 9.47 Å². The van der Waals surface area contributed by atoms with Gasteiger partial charge in [0.25, 0.3) is 5.91 Å². The van der Waals surface area contributed by atoms with E-state index in [2.05, 4.69) is 10.1 Å². The molecule has 0 radical (unpaired) electrons. The first kappa shape index (κ1) is 19.4. The molecule has 0 aliphatic rings. The van der Waals surface area contributed by atoms with Crippen molar-refractivity contribution in [2.45, 2.75) is 26.4 Å². The van der Waals surface area contributed by atoms with Gasteiger partial charge in [-0.05, 0) is 44.2 Å². The predicted molar refractivity (Wildman–Crippen MR) is 104 cm³/mol. The number of rotatable bonds is 7. The van der Waals surface area contributed by atoms with Crippen molar-refractivity contribution in [2.24, 2.45) is 0 Å². The van der Waals surface area contributed by atoms with Crippen LogP contribution in [0.4, 0.5) is 0 Å². The van der Waals surface area contributed by atoms with E-state index < -0.39 is 0 Å². The second-order valence-corrected chi connectivity index (χ2v) is 6.47. The Kier molecular flexibility index (Phi) is 5.93. The highest BCUT2D eigenvalue weighted by molar-refractivity contribution is 5.94. The number of nitrogens with zero attached hydrogens (tertiary/aromatic N) is 3. The van der Waals surface area contributed by atoms with Crippen LogP contribution in [0.2, 0.25) is 0 Å². The third-order valence-corrected chi connectivity index (χ3v) is 4.32. The van der Waals surface area contributed by atoms with E-state index in [1.807, 2.05) is 38.1 Å². The van der Waals surface area contributed by atoms with Crippen molar-refractivity contribution in [1.29, 1.82) is 0 Å². The van der Waals surface area contributed by atoms with Crippen molar-refractivity contribution < 1.29 is 18.8 Å². The summed E-state index contributed by atoms with van der Waals surface area (Å²) >= 11 is 0. The Labute approximate surface area is 163 Å². The highest BCUT2D eigenvalue weighted by Crippen LogP contribution is 2.31. The van der Waals surface area contributed by atoms with Gasteiger partial charge in [-0.2, -0.15) is 4.98 Å². The third kappa shape index (κ3) is 4.14. The molecule has 0 bridgehead atoms. The number of hydrogen-bond acceptors (Lipinski definition) is 6. The molecule has 28 heavy (non-hydrogen) atoms. The molecule has 0 atom stereocenters. The molecular formula is C21H23N3O4. The lowest BCUT2D eigenvalue weighted by atomic mass is 10.1. The molecule has 2 aromatic carbocycles. The number of carbonyl (C=O) groups is 1. The van der Waals surface area contributed by atoms with Gasteiger partial charge in [0.1, 0.15) is 6.54 Å². The van der Waals surface area contributed by atoms with Gasteiger partial charge >= 0.3 is 0 Å². The van der Waals surface area contributed by atoms with Crippen LogP contribution in [0.5, 0.6) is 11.5 Å². The zero-order valence-electron chi connectivity index (χ0n) is 16.4. The molecule has 0 saturated carbocycles. The van der Waals surface area contributed by atoms with Crippen LogP contribution >= 0.6 is 0 Å². The van der Waals surface area contributed by atoms with E-state index in [1.54, 1.807) is 43.4 Å². The van der Waals surface area contributed by atoms with Crippen LogP contribution in [-0.4, -0.2) is 41.2 Å². The summed E-state index contributed by atoms with van der Waals surface area (Å²) in [7, 11) is 3.15. The molecule has 0 spiro atoms. The van der Waals surface area contributed by atoms with Crippen molar-refractivity contribution in [3.8, 4) is 22.9 Å². The second kappa shape index (κ2) is 8.56. The lowest BCUT2D eigenvalue weighted by Crippen LogP contribution is -2.36. The summed E-state index contributed by atoms with van der Waals surface area (Å²) < 4.78 is 16.0. The average molecular weight is 381 g/mol. The van der Waals surface area contributed by atoms with E-state index in [4.69, 9.17) is 14.0 Å². The summed E-state index contributed by atoms with van der Waals surface area (Å²) in [5, 5.41) is 4.04. The Morgan fingerprint density at radius 1 is 1.07 bits per heavy atom. The Hall–Kier alpha value is -3.35. The van der Waals surface area contributed by atoms with Crippen LogP contribution in [0.25, 0.3) is 11.4 Å². The maximum atomic E-state index is 12.8. The first-order valence-electron chi connectivity index (χ1n) is 8.94. The average Bonchev–Trinajstić information content (AvgIpc) is 3.20. The lowest BCUT2D eigenvalue weighted by molar-refractivity contribution is 0.0667. The SMILES string of the molecule is COc1ccc(-c2noc(CN(C(=O)c3ccccc3)C(C)C)n2)cc1OC. The van der Waals surface area contributed by atoms with Gasteiger partial charge in [-0.15, -0.1) is 0 Å². The molecule has 0 unspecified atom stereocenters. The van der Waals surface area contributed by atoms with Crippen LogP contribution in [0.1, 0.15) is 30.1 Å². The number of ether oxygens (including phenoxy) is 2. The summed E-state index contributed by atoms with van der Waals surface area (Å²) in [4.78, 5) is 19.0. The Morgan fingerprint density at radius 3 is 2.43 bits per heavy atom. The fourth-order valence-electron chi connectivity index (χ4n) is 2.79. The van der Waals surface area contributed by atoms with E-state index >= 15 is 0 Å². The fourth-order valence-corrected chi connectivity index (χ4v) is 2.79. The summed E-state index contributed by atoms with van der Waals surface area (Å²) in [5.41, 5.74) is 1.36. The third-order valence-electron chi connectivity index (χ3n) is 4.32. The Bertz CT molecular complexity index is 938. The van der Waals surface area contributed by atoms with Gasteiger partial charge in [-0.25, -0.2) is 0 Å². The summed E-state index contributed by atoms with van der Waals surface area (Å²) in [6, 6.07) is 14.5. The minimum Gasteiger partial charge on any atom is -0.493 e. The molecule has 146 valence electrons. The number of methoxy groups -OCH3 is 2. The normalized spacial score (nSPS) is 10.8. The first-order valence-corrected chi connectivity index (χ1v) is 8.94. The van der Waals surface area contributed by atoms with Crippen molar-refractivity contribution >= 4 is 5.91 Å². The van der Waals surface area contributed by atoms with Gasteiger partial charge in [0.2, 0.25) is 11.7 Å². The van der Waals surface area contributed by atoms with E-state index in [9.17, 15) is 4.79 Å². The maximum absolute atomic E-state index is 12.8. The Balaban J connectivity index is 1.82. The van der Waals surface area contributed by atoms with Crippen molar-refractivity contribution in [3.05, 3.63) is 60.0 Å². The monoisotopic (exact) mass is 381 g/mol. The molecule has 0 fully saturated rings. The smallest absolute Gasteiger partial charge is 0.254 e. The number of amides is 1. The molecule has 0 N–H and O–H groups in total. The summed E-state index contributed by atoms with van der Waals surface area (Å²) in [6.07, 6.45) is 0.